The maximum atomic E-state index is 12.5. The molecular weight excluding hydrogens is 304 g/mol. The van der Waals surface area contributed by atoms with Crippen LogP contribution in [0, 0.1) is 0 Å². The van der Waals surface area contributed by atoms with Crippen LogP contribution in [0.3, 0.4) is 0 Å². The van der Waals surface area contributed by atoms with Gasteiger partial charge in [0.15, 0.2) is 0 Å². The second-order valence-electron chi connectivity index (χ2n) is 5.57. The number of hydrogen-bond donors (Lipinski definition) is 1. The van der Waals surface area contributed by atoms with Crippen molar-refractivity contribution in [2.45, 2.75) is 6.42 Å². The molecule has 0 fully saturated rings. The van der Waals surface area contributed by atoms with Crippen LogP contribution in [0.25, 0.3) is 10.9 Å². The molecule has 0 bridgehead atoms. The molecule has 1 heterocycles. The van der Waals surface area contributed by atoms with Gasteiger partial charge in [-0.3, -0.25) is 4.79 Å². The van der Waals surface area contributed by atoms with E-state index in [0.29, 0.717) is 23.6 Å². The molecule has 0 saturated carbocycles. The minimum atomic E-state index is -0.0992. The predicted octanol–water partition coefficient (Wildman–Crippen LogP) is 3.38. The Morgan fingerprint density at radius 2 is 1.92 bits per heavy atom. The number of carbonyl (C=O) groups excluding carboxylic acids is 1. The van der Waals surface area contributed by atoms with Crippen LogP contribution in [0.15, 0.2) is 48.7 Å². The minimum absolute atomic E-state index is 0.0992. The lowest BCUT2D eigenvalue weighted by molar-refractivity contribution is -0.115. The Morgan fingerprint density at radius 1 is 1.12 bits per heavy atom. The Hall–Kier alpha value is -2.95. The maximum absolute atomic E-state index is 12.5. The number of para-hydroxylation sites is 1. The van der Waals surface area contributed by atoms with Gasteiger partial charge in [-0.15, -0.1) is 0 Å². The number of benzene rings is 2. The quantitative estimate of drug-likeness (QED) is 0.783. The van der Waals surface area contributed by atoms with E-state index < -0.39 is 0 Å². The number of aromatic nitrogens is 1. The van der Waals surface area contributed by atoms with Crippen LogP contribution in [-0.4, -0.2) is 24.7 Å². The average molecular weight is 324 g/mol. The molecule has 0 aliphatic rings. The summed E-state index contributed by atoms with van der Waals surface area (Å²) in [6.07, 6.45) is 2.29. The molecule has 0 aliphatic carbocycles. The highest BCUT2D eigenvalue weighted by Crippen LogP contribution is 2.29. The van der Waals surface area contributed by atoms with Crippen LogP contribution < -0.4 is 14.8 Å². The normalized spacial score (nSPS) is 10.6. The molecule has 5 nitrogen and oxygen atoms in total. The number of methoxy groups -OCH3 is 2. The molecule has 0 radical (unpaired) electrons. The first kappa shape index (κ1) is 15.9. The summed E-state index contributed by atoms with van der Waals surface area (Å²) in [5.41, 5.74) is 2.70. The molecule has 0 atom stereocenters. The molecule has 0 saturated heterocycles. The molecule has 1 amide bonds. The van der Waals surface area contributed by atoms with E-state index in [9.17, 15) is 4.79 Å². The molecule has 0 aliphatic heterocycles. The zero-order chi connectivity index (χ0) is 17.1. The van der Waals surface area contributed by atoms with Crippen LogP contribution >= 0.6 is 0 Å². The van der Waals surface area contributed by atoms with E-state index in [1.807, 2.05) is 42.1 Å². The van der Waals surface area contributed by atoms with Gasteiger partial charge in [0, 0.05) is 30.2 Å². The molecule has 124 valence electrons. The second kappa shape index (κ2) is 6.66. The Bertz CT molecular complexity index is 883. The summed E-state index contributed by atoms with van der Waals surface area (Å²) >= 11 is 0. The molecule has 0 spiro atoms. The SMILES string of the molecule is COc1ccc(OC)c(NC(=O)Cc2cn(C)c3ccccc23)c1. The number of nitrogens with zero attached hydrogens (tertiary/aromatic N) is 1. The largest absolute Gasteiger partial charge is 0.497 e. The lowest BCUT2D eigenvalue weighted by Gasteiger charge is -2.11. The fraction of sp³-hybridized carbons (Fsp3) is 0.211. The van der Waals surface area contributed by atoms with E-state index in [0.717, 1.165) is 16.5 Å². The van der Waals surface area contributed by atoms with Gasteiger partial charge in [0.2, 0.25) is 5.91 Å². The van der Waals surface area contributed by atoms with Gasteiger partial charge in [-0.2, -0.15) is 0 Å². The first-order chi connectivity index (χ1) is 11.6. The highest BCUT2D eigenvalue weighted by atomic mass is 16.5. The van der Waals surface area contributed by atoms with Gasteiger partial charge in [0.25, 0.3) is 0 Å². The average Bonchev–Trinajstić information content (AvgIpc) is 2.91. The van der Waals surface area contributed by atoms with E-state index in [1.54, 1.807) is 32.4 Å². The monoisotopic (exact) mass is 324 g/mol. The van der Waals surface area contributed by atoms with E-state index >= 15 is 0 Å². The van der Waals surface area contributed by atoms with E-state index in [-0.39, 0.29) is 5.91 Å². The van der Waals surface area contributed by atoms with Crippen LogP contribution in [0.4, 0.5) is 5.69 Å². The Morgan fingerprint density at radius 3 is 2.67 bits per heavy atom. The molecule has 5 heteroatoms. The predicted molar refractivity (Wildman–Crippen MR) is 94.8 cm³/mol. The highest BCUT2D eigenvalue weighted by Gasteiger charge is 2.13. The fourth-order valence-corrected chi connectivity index (χ4v) is 2.85. The zero-order valence-corrected chi connectivity index (χ0v) is 14.0. The van der Waals surface area contributed by atoms with E-state index in [4.69, 9.17) is 9.47 Å². The smallest absolute Gasteiger partial charge is 0.228 e. The number of carbonyl (C=O) groups is 1. The van der Waals surface area contributed by atoms with Crippen molar-refractivity contribution < 1.29 is 14.3 Å². The second-order valence-corrected chi connectivity index (χ2v) is 5.57. The third-order valence-corrected chi connectivity index (χ3v) is 4.01. The number of aryl methyl sites for hydroxylation is 1. The molecule has 1 aromatic heterocycles. The van der Waals surface area contributed by atoms with Crippen LogP contribution in [-0.2, 0) is 18.3 Å². The van der Waals surface area contributed by atoms with Crippen LogP contribution in [0.5, 0.6) is 11.5 Å². The van der Waals surface area contributed by atoms with Crippen LogP contribution in [0.2, 0.25) is 0 Å². The van der Waals surface area contributed by atoms with Crippen molar-refractivity contribution in [3.05, 3.63) is 54.2 Å². The third kappa shape index (κ3) is 3.06. The summed E-state index contributed by atoms with van der Waals surface area (Å²) in [5.74, 6) is 1.16. The maximum Gasteiger partial charge on any atom is 0.228 e. The topological polar surface area (TPSA) is 52.5 Å². The Kier molecular flexibility index (Phi) is 4.42. The molecule has 24 heavy (non-hydrogen) atoms. The number of amides is 1. The number of anilines is 1. The standard InChI is InChI=1S/C19H20N2O3/c1-21-12-13(15-6-4-5-7-17(15)21)10-19(22)20-16-11-14(23-2)8-9-18(16)24-3/h4-9,11-12H,10H2,1-3H3,(H,20,22). The van der Waals surface area contributed by atoms with Gasteiger partial charge in [-0.25, -0.2) is 0 Å². The van der Waals surface area contributed by atoms with Gasteiger partial charge >= 0.3 is 0 Å². The first-order valence-corrected chi connectivity index (χ1v) is 7.67. The van der Waals surface area contributed by atoms with Crippen molar-refractivity contribution in [3.63, 3.8) is 0 Å². The summed E-state index contributed by atoms with van der Waals surface area (Å²) in [6, 6.07) is 13.4. The summed E-state index contributed by atoms with van der Waals surface area (Å²) in [4.78, 5) is 12.5. The number of rotatable bonds is 5. The van der Waals surface area contributed by atoms with Crippen molar-refractivity contribution in [1.82, 2.24) is 4.57 Å². The summed E-state index contributed by atoms with van der Waals surface area (Å²) in [6.45, 7) is 0. The number of fused-ring (bicyclic) bond motifs is 1. The third-order valence-electron chi connectivity index (χ3n) is 4.01. The molecule has 0 unspecified atom stereocenters. The Labute approximate surface area is 140 Å². The number of hydrogen-bond acceptors (Lipinski definition) is 3. The van der Waals surface area contributed by atoms with Gasteiger partial charge in [-0.05, 0) is 23.8 Å². The van der Waals surface area contributed by atoms with Gasteiger partial charge in [0.1, 0.15) is 11.5 Å². The summed E-state index contributed by atoms with van der Waals surface area (Å²) in [5, 5.41) is 4.00. The highest BCUT2D eigenvalue weighted by molar-refractivity contribution is 5.97. The van der Waals surface area contributed by atoms with E-state index in [1.165, 1.54) is 0 Å². The van der Waals surface area contributed by atoms with E-state index in [2.05, 4.69) is 5.32 Å². The van der Waals surface area contributed by atoms with Crippen LogP contribution in [0.1, 0.15) is 5.56 Å². The Balaban J connectivity index is 1.83. The first-order valence-electron chi connectivity index (χ1n) is 7.67. The van der Waals surface area contributed by atoms with Crippen molar-refractivity contribution in [1.29, 1.82) is 0 Å². The van der Waals surface area contributed by atoms with Gasteiger partial charge < -0.3 is 19.4 Å². The minimum Gasteiger partial charge on any atom is -0.497 e. The molecular formula is C19H20N2O3. The summed E-state index contributed by atoms with van der Waals surface area (Å²) in [7, 11) is 5.14. The van der Waals surface area contributed by atoms with Crippen molar-refractivity contribution in [2.75, 3.05) is 19.5 Å². The lowest BCUT2D eigenvalue weighted by Crippen LogP contribution is -2.15. The van der Waals surface area contributed by atoms with Gasteiger partial charge in [0.05, 0.1) is 26.3 Å². The van der Waals surface area contributed by atoms with Crippen molar-refractivity contribution in [3.8, 4) is 11.5 Å². The zero-order valence-electron chi connectivity index (χ0n) is 14.0. The number of ether oxygens (including phenoxy) is 2. The van der Waals surface area contributed by atoms with Gasteiger partial charge in [-0.1, -0.05) is 18.2 Å². The van der Waals surface area contributed by atoms with Crippen molar-refractivity contribution in [2.24, 2.45) is 7.05 Å². The summed E-state index contributed by atoms with van der Waals surface area (Å²) < 4.78 is 12.5. The fourth-order valence-electron chi connectivity index (χ4n) is 2.85. The molecule has 3 rings (SSSR count). The van der Waals surface area contributed by atoms with Crippen molar-refractivity contribution >= 4 is 22.5 Å². The molecule has 2 aromatic carbocycles. The number of nitrogens with one attached hydrogen (secondary N) is 1. The molecule has 3 aromatic rings. The molecule has 1 N–H and O–H groups in total. The lowest BCUT2D eigenvalue weighted by atomic mass is 10.1.